The molecule has 1 aromatic rings. The molecule has 0 unspecified atom stereocenters. The second-order valence-electron chi connectivity index (χ2n) is 6.10. The molecule has 2 N–H and O–H groups in total. The minimum atomic E-state index is -0.119. The Morgan fingerprint density at radius 2 is 1.80 bits per heavy atom. The first-order valence-electron chi connectivity index (χ1n) is 7.50. The Morgan fingerprint density at radius 3 is 2.40 bits per heavy atom. The third kappa shape index (κ3) is 4.27. The smallest absolute Gasteiger partial charge is 0.127 e. The van der Waals surface area contributed by atoms with Crippen LogP contribution >= 0.6 is 0 Å². The number of halogens is 1. The average Bonchev–Trinajstić information content (AvgIpc) is 2.43. The van der Waals surface area contributed by atoms with Gasteiger partial charge in [-0.05, 0) is 17.5 Å². The van der Waals surface area contributed by atoms with E-state index in [1.807, 2.05) is 6.07 Å². The number of rotatable bonds is 5. The van der Waals surface area contributed by atoms with Crippen LogP contribution in [0.4, 0.5) is 4.39 Å². The molecular weight excluding hydrogens is 253 g/mol. The van der Waals surface area contributed by atoms with Gasteiger partial charge in [0.15, 0.2) is 0 Å². The molecule has 1 saturated heterocycles. The van der Waals surface area contributed by atoms with E-state index in [2.05, 4.69) is 23.6 Å². The molecule has 112 valence electrons. The molecule has 4 heteroatoms. The summed E-state index contributed by atoms with van der Waals surface area (Å²) in [6, 6.07) is 5.20. The second kappa shape index (κ2) is 7.16. The molecule has 1 aromatic carbocycles. The van der Waals surface area contributed by atoms with Crippen LogP contribution in [0.2, 0.25) is 0 Å². The van der Waals surface area contributed by atoms with E-state index in [1.54, 1.807) is 6.07 Å². The normalized spacial score (nSPS) is 17.9. The Labute approximate surface area is 121 Å². The van der Waals surface area contributed by atoms with E-state index in [0.29, 0.717) is 19.0 Å². The van der Waals surface area contributed by atoms with Crippen molar-refractivity contribution < 1.29 is 4.39 Å². The minimum Gasteiger partial charge on any atom is -0.326 e. The molecule has 1 aliphatic rings. The summed E-state index contributed by atoms with van der Waals surface area (Å²) in [7, 11) is 0. The first kappa shape index (κ1) is 15.4. The van der Waals surface area contributed by atoms with Crippen LogP contribution in [0.3, 0.4) is 0 Å². The van der Waals surface area contributed by atoms with Gasteiger partial charge in [-0.2, -0.15) is 0 Å². The molecule has 0 atom stereocenters. The first-order valence-corrected chi connectivity index (χ1v) is 7.50. The summed E-state index contributed by atoms with van der Waals surface area (Å²) in [5.74, 6) is 0.590. The number of piperazine rings is 1. The summed E-state index contributed by atoms with van der Waals surface area (Å²) in [5.41, 5.74) is 7.39. The summed E-state index contributed by atoms with van der Waals surface area (Å²) < 4.78 is 13.8. The Morgan fingerprint density at radius 1 is 1.15 bits per heavy atom. The summed E-state index contributed by atoms with van der Waals surface area (Å²) in [4.78, 5) is 4.82. The fourth-order valence-electron chi connectivity index (χ4n) is 2.76. The summed E-state index contributed by atoms with van der Waals surface area (Å²) in [6.45, 7) is 11.0. The summed E-state index contributed by atoms with van der Waals surface area (Å²) in [6.07, 6.45) is 0. The van der Waals surface area contributed by atoms with Crippen molar-refractivity contribution in [3.63, 3.8) is 0 Å². The van der Waals surface area contributed by atoms with Crippen molar-refractivity contribution in [2.24, 2.45) is 11.7 Å². The topological polar surface area (TPSA) is 32.5 Å². The molecule has 0 amide bonds. The van der Waals surface area contributed by atoms with Crippen molar-refractivity contribution in [2.45, 2.75) is 26.9 Å². The summed E-state index contributed by atoms with van der Waals surface area (Å²) in [5, 5.41) is 0. The third-order valence-corrected chi connectivity index (χ3v) is 3.83. The molecule has 2 rings (SSSR count). The molecule has 0 aliphatic carbocycles. The monoisotopic (exact) mass is 279 g/mol. The molecule has 20 heavy (non-hydrogen) atoms. The maximum Gasteiger partial charge on any atom is 0.127 e. The number of nitrogens with two attached hydrogens (primary N) is 1. The molecule has 1 heterocycles. The van der Waals surface area contributed by atoms with E-state index in [0.717, 1.165) is 43.9 Å². The van der Waals surface area contributed by atoms with E-state index < -0.39 is 0 Å². The predicted octanol–water partition coefficient (Wildman–Crippen LogP) is 2.06. The lowest BCUT2D eigenvalue weighted by molar-refractivity contribution is 0.116. The van der Waals surface area contributed by atoms with Crippen molar-refractivity contribution in [3.8, 4) is 0 Å². The average molecular weight is 279 g/mol. The van der Waals surface area contributed by atoms with Crippen molar-refractivity contribution in [3.05, 3.63) is 35.1 Å². The van der Waals surface area contributed by atoms with Gasteiger partial charge in [-0.1, -0.05) is 26.0 Å². The molecule has 0 bridgehead atoms. The Balaban J connectivity index is 1.89. The van der Waals surface area contributed by atoms with Crippen LogP contribution in [0, 0.1) is 11.7 Å². The third-order valence-electron chi connectivity index (χ3n) is 3.83. The quantitative estimate of drug-likeness (QED) is 0.895. The Kier molecular flexibility index (Phi) is 5.52. The van der Waals surface area contributed by atoms with Crippen LogP contribution in [0.15, 0.2) is 18.2 Å². The maximum absolute atomic E-state index is 13.8. The van der Waals surface area contributed by atoms with Gasteiger partial charge in [0.2, 0.25) is 0 Å². The fourth-order valence-corrected chi connectivity index (χ4v) is 2.76. The number of nitrogens with zero attached hydrogens (tertiary/aromatic N) is 2. The van der Waals surface area contributed by atoms with Gasteiger partial charge in [0, 0.05) is 51.4 Å². The van der Waals surface area contributed by atoms with E-state index >= 15 is 0 Å². The van der Waals surface area contributed by atoms with E-state index in [9.17, 15) is 4.39 Å². The number of hydrogen-bond donors (Lipinski definition) is 1. The predicted molar refractivity (Wildman–Crippen MR) is 80.8 cm³/mol. The Hall–Kier alpha value is -0.970. The lowest BCUT2D eigenvalue weighted by Crippen LogP contribution is -2.46. The van der Waals surface area contributed by atoms with Crippen molar-refractivity contribution in [2.75, 3.05) is 32.7 Å². The van der Waals surface area contributed by atoms with Crippen molar-refractivity contribution >= 4 is 0 Å². The molecule has 0 radical (unpaired) electrons. The van der Waals surface area contributed by atoms with E-state index in [-0.39, 0.29) is 5.82 Å². The van der Waals surface area contributed by atoms with Gasteiger partial charge in [-0.15, -0.1) is 0 Å². The number of benzene rings is 1. The van der Waals surface area contributed by atoms with Crippen LogP contribution in [0.1, 0.15) is 25.0 Å². The van der Waals surface area contributed by atoms with Gasteiger partial charge in [0.25, 0.3) is 0 Å². The number of hydrogen-bond acceptors (Lipinski definition) is 3. The lowest BCUT2D eigenvalue weighted by atomic mass is 10.1. The van der Waals surface area contributed by atoms with Gasteiger partial charge in [0.05, 0.1) is 0 Å². The molecule has 3 nitrogen and oxygen atoms in total. The molecule has 1 aliphatic heterocycles. The van der Waals surface area contributed by atoms with Crippen LogP contribution in [-0.4, -0.2) is 42.5 Å². The van der Waals surface area contributed by atoms with E-state index in [4.69, 9.17) is 5.73 Å². The van der Waals surface area contributed by atoms with Gasteiger partial charge in [-0.3, -0.25) is 4.90 Å². The molecular formula is C16H26FN3. The maximum atomic E-state index is 13.8. The van der Waals surface area contributed by atoms with Gasteiger partial charge >= 0.3 is 0 Å². The highest BCUT2D eigenvalue weighted by Gasteiger charge is 2.18. The van der Waals surface area contributed by atoms with Gasteiger partial charge in [-0.25, -0.2) is 4.39 Å². The van der Waals surface area contributed by atoms with Crippen molar-refractivity contribution in [1.29, 1.82) is 0 Å². The fraction of sp³-hybridized carbons (Fsp3) is 0.625. The zero-order valence-electron chi connectivity index (χ0n) is 12.6. The SMILES string of the molecule is CC(C)CN1CCN(Cc2cc(CN)ccc2F)CC1. The molecule has 1 fully saturated rings. The zero-order chi connectivity index (χ0) is 14.5. The highest BCUT2D eigenvalue weighted by molar-refractivity contribution is 5.25. The van der Waals surface area contributed by atoms with Crippen LogP contribution in [-0.2, 0) is 13.1 Å². The largest absolute Gasteiger partial charge is 0.326 e. The van der Waals surface area contributed by atoms with E-state index in [1.165, 1.54) is 6.07 Å². The molecule has 0 aromatic heterocycles. The standard InChI is InChI=1S/C16H26FN3/c1-13(2)11-19-5-7-20(8-6-19)12-15-9-14(10-18)3-4-16(15)17/h3-4,9,13H,5-8,10-12,18H2,1-2H3. The lowest BCUT2D eigenvalue weighted by Gasteiger charge is -2.35. The first-order chi connectivity index (χ1) is 9.58. The highest BCUT2D eigenvalue weighted by atomic mass is 19.1. The Bertz CT molecular complexity index is 426. The second-order valence-corrected chi connectivity index (χ2v) is 6.10. The van der Waals surface area contributed by atoms with Crippen LogP contribution < -0.4 is 5.73 Å². The van der Waals surface area contributed by atoms with Crippen LogP contribution in [0.5, 0.6) is 0 Å². The van der Waals surface area contributed by atoms with Gasteiger partial charge in [0.1, 0.15) is 5.82 Å². The molecule has 0 spiro atoms. The summed E-state index contributed by atoms with van der Waals surface area (Å²) >= 11 is 0. The van der Waals surface area contributed by atoms with Crippen LogP contribution in [0.25, 0.3) is 0 Å². The zero-order valence-corrected chi connectivity index (χ0v) is 12.6. The molecule has 0 saturated carbocycles. The minimum absolute atomic E-state index is 0.119. The van der Waals surface area contributed by atoms with Crippen molar-refractivity contribution in [1.82, 2.24) is 9.80 Å². The van der Waals surface area contributed by atoms with Gasteiger partial charge < -0.3 is 10.6 Å². The highest BCUT2D eigenvalue weighted by Crippen LogP contribution is 2.15.